The van der Waals surface area contributed by atoms with Crippen LogP contribution in [-0.2, 0) is 0 Å². The van der Waals surface area contributed by atoms with Crippen molar-refractivity contribution in [3.8, 4) is 5.69 Å². The van der Waals surface area contributed by atoms with Crippen LogP contribution in [0.5, 0.6) is 0 Å². The lowest BCUT2D eigenvalue weighted by atomic mass is 10.1. The van der Waals surface area contributed by atoms with Crippen molar-refractivity contribution in [2.75, 3.05) is 5.32 Å². The van der Waals surface area contributed by atoms with Gasteiger partial charge in [0.25, 0.3) is 5.91 Å². The first-order valence-corrected chi connectivity index (χ1v) is 7.55. The molecule has 2 heterocycles. The summed E-state index contributed by atoms with van der Waals surface area (Å²) < 4.78 is 1.64. The van der Waals surface area contributed by atoms with E-state index in [-0.39, 0.29) is 5.91 Å². The number of carbonyl (C=O) groups is 1. The molecule has 116 valence electrons. The smallest absolute Gasteiger partial charge is 0.256 e. The molecule has 1 aromatic carbocycles. The van der Waals surface area contributed by atoms with E-state index in [0.717, 1.165) is 16.9 Å². The van der Waals surface area contributed by atoms with E-state index in [1.54, 1.807) is 29.2 Å². The number of anilines is 1. The van der Waals surface area contributed by atoms with Gasteiger partial charge in [0.1, 0.15) is 0 Å². The van der Waals surface area contributed by atoms with Gasteiger partial charge in [0.05, 0.1) is 18.1 Å². The van der Waals surface area contributed by atoms with Crippen LogP contribution < -0.4 is 5.32 Å². The Kier molecular flexibility index (Phi) is 3.18. The molecule has 1 fully saturated rings. The first-order valence-electron chi connectivity index (χ1n) is 7.55. The fourth-order valence-corrected chi connectivity index (χ4v) is 2.59. The van der Waals surface area contributed by atoms with Crippen molar-refractivity contribution in [1.29, 1.82) is 0 Å². The van der Waals surface area contributed by atoms with Crippen LogP contribution in [0.4, 0.5) is 5.82 Å². The van der Waals surface area contributed by atoms with Crippen LogP contribution in [0.2, 0.25) is 0 Å². The van der Waals surface area contributed by atoms with E-state index in [1.807, 2.05) is 19.1 Å². The van der Waals surface area contributed by atoms with Crippen LogP contribution >= 0.6 is 0 Å². The lowest BCUT2D eigenvalue weighted by molar-refractivity contribution is 0.102. The number of aromatic amines is 1. The van der Waals surface area contributed by atoms with Crippen LogP contribution in [-0.4, -0.2) is 31.1 Å². The molecule has 0 spiro atoms. The highest BCUT2D eigenvalue weighted by atomic mass is 16.1. The Morgan fingerprint density at radius 1 is 1.30 bits per heavy atom. The summed E-state index contributed by atoms with van der Waals surface area (Å²) in [4.78, 5) is 12.4. The Bertz CT molecular complexity index is 830. The normalized spacial score (nSPS) is 14.0. The largest absolute Gasteiger partial charge is 0.305 e. The number of aromatic nitrogens is 5. The minimum absolute atomic E-state index is 0.174. The number of rotatable bonds is 4. The van der Waals surface area contributed by atoms with Gasteiger partial charge in [-0.25, -0.2) is 4.68 Å². The summed E-state index contributed by atoms with van der Waals surface area (Å²) in [6.45, 7) is 1.99. The average molecular weight is 308 g/mol. The van der Waals surface area contributed by atoms with Gasteiger partial charge in [-0.15, -0.1) is 5.10 Å². The summed E-state index contributed by atoms with van der Waals surface area (Å²) in [6.07, 6.45) is 5.75. The third kappa shape index (κ3) is 2.61. The minimum atomic E-state index is -0.174. The summed E-state index contributed by atoms with van der Waals surface area (Å²) in [6, 6.07) is 7.18. The average Bonchev–Trinajstić information content (AvgIpc) is 3.13. The topological polar surface area (TPSA) is 88.5 Å². The molecular weight excluding hydrogens is 292 g/mol. The quantitative estimate of drug-likeness (QED) is 0.774. The molecule has 1 saturated carbocycles. The molecule has 0 unspecified atom stereocenters. The number of benzene rings is 1. The van der Waals surface area contributed by atoms with Gasteiger partial charge in [0.2, 0.25) is 0 Å². The fourth-order valence-electron chi connectivity index (χ4n) is 2.59. The second kappa shape index (κ2) is 5.35. The number of carbonyl (C=O) groups excluding carboxylic acids is 1. The monoisotopic (exact) mass is 308 g/mol. The summed E-state index contributed by atoms with van der Waals surface area (Å²) in [7, 11) is 0. The number of nitrogens with zero attached hydrogens (tertiary/aromatic N) is 4. The minimum Gasteiger partial charge on any atom is -0.305 e. The zero-order valence-electron chi connectivity index (χ0n) is 12.7. The van der Waals surface area contributed by atoms with E-state index in [0.29, 0.717) is 17.3 Å². The van der Waals surface area contributed by atoms with Gasteiger partial charge in [-0.05, 0) is 44.0 Å². The molecule has 7 nitrogen and oxygen atoms in total. The molecule has 23 heavy (non-hydrogen) atoms. The van der Waals surface area contributed by atoms with Gasteiger partial charge in [-0.3, -0.25) is 9.89 Å². The summed E-state index contributed by atoms with van der Waals surface area (Å²) in [5, 5.41) is 17.8. The van der Waals surface area contributed by atoms with Crippen molar-refractivity contribution in [2.45, 2.75) is 25.7 Å². The van der Waals surface area contributed by atoms with E-state index in [2.05, 4.69) is 25.8 Å². The summed E-state index contributed by atoms with van der Waals surface area (Å²) in [5.74, 6) is 1.01. The molecule has 0 radical (unpaired) electrons. The zero-order chi connectivity index (χ0) is 15.8. The number of H-pyrrole nitrogens is 1. The highest BCUT2D eigenvalue weighted by molar-refractivity contribution is 6.04. The van der Waals surface area contributed by atoms with Crippen molar-refractivity contribution in [1.82, 2.24) is 25.2 Å². The van der Waals surface area contributed by atoms with Crippen molar-refractivity contribution in [2.24, 2.45) is 0 Å². The van der Waals surface area contributed by atoms with Crippen LogP contribution in [0.25, 0.3) is 5.69 Å². The predicted octanol–water partition coefficient (Wildman–Crippen LogP) is 2.43. The second-order valence-electron chi connectivity index (χ2n) is 5.73. The standard InChI is InChI=1S/C16H16N6O/c1-10-14(11-2-3-11)19-20-15(10)18-16(23)12-4-6-13(7-5-12)22-9-8-17-21-22/h4-9,11H,2-3H2,1H3,(H2,18,19,20,23). The van der Waals surface area contributed by atoms with Gasteiger partial charge in [0.15, 0.2) is 5.82 Å². The van der Waals surface area contributed by atoms with E-state index in [1.165, 1.54) is 12.8 Å². The number of amides is 1. The molecular formula is C16H16N6O. The molecule has 1 aliphatic carbocycles. The predicted molar refractivity (Wildman–Crippen MR) is 84.6 cm³/mol. The Morgan fingerprint density at radius 3 is 2.74 bits per heavy atom. The maximum atomic E-state index is 12.4. The van der Waals surface area contributed by atoms with E-state index in [9.17, 15) is 4.79 Å². The van der Waals surface area contributed by atoms with Crippen molar-refractivity contribution >= 4 is 11.7 Å². The van der Waals surface area contributed by atoms with Gasteiger partial charge < -0.3 is 5.32 Å². The molecule has 3 aromatic rings. The molecule has 1 amide bonds. The van der Waals surface area contributed by atoms with Crippen molar-refractivity contribution in [3.63, 3.8) is 0 Å². The maximum absolute atomic E-state index is 12.4. The van der Waals surface area contributed by atoms with Gasteiger partial charge in [0, 0.05) is 22.7 Å². The number of hydrogen-bond donors (Lipinski definition) is 2. The van der Waals surface area contributed by atoms with E-state index >= 15 is 0 Å². The molecule has 1 aliphatic rings. The van der Waals surface area contributed by atoms with Gasteiger partial charge >= 0.3 is 0 Å². The molecule has 0 atom stereocenters. The number of hydrogen-bond acceptors (Lipinski definition) is 4. The Balaban J connectivity index is 1.50. The fraction of sp³-hybridized carbons (Fsp3) is 0.250. The van der Waals surface area contributed by atoms with Crippen LogP contribution in [0, 0.1) is 6.92 Å². The van der Waals surface area contributed by atoms with Gasteiger partial charge in [-0.1, -0.05) is 5.21 Å². The molecule has 2 aromatic heterocycles. The highest BCUT2D eigenvalue weighted by Crippen LogP contribution is 2.41. The van der Waals surface area contributed by atoms with E-state index in [4.69, 9.17) is 0 Å². The SMILES string of the molecule is Cc1c(NC(=O)c2ccc(-n3ccnn3)cc2)n[nH]c1C1CC1. The first-order chi connectivity index (χ1) is 11.2. The van der Waals surface area contributed by atoms with Crippen LogP contribution in [0.1, 0.15) is 40.4 Å². The van der Waals surface area contributed by atoms with Crippen molar-refractivity contribution < 1.29 is 4.79 Å². The lowest BCUT2D eigenvalue weighted by Crippen LogP contribution is -2.13. The zero-order valence-corrected chi connectivity index (χ0v) is 12.7. The van der Waals surface area contributed by atoms with Crippen molar-refractivity contribution in [3.05, 3.63) is 53.5 Å². The third-order valence-corrected chi connectivity index (χ3v) is 4.08. The van der Waals surface area contributed by atoms with E-state index < -0.39 is 0 Å². The lowest BCUT2D eigenvalue weighted by Gasteiger charge is -2.05. The Hall–Kier alpha value is -2.96. The third-order valence-electron chi connectivity index (χ3n) is 4.08. The summed E-state index contributed by atoms with van der Waals surface area (Å²) in [5.41, 5.74) is 3.59. The second-order valence-corrected chi connectivity index (χ2v) is 5.73. The molecule has 4 rings (SSSR count). The molecule has 0 bridgehead atoms. The Labute approximate surface area is 132 Å². The Morgan fingerprint density at radius 2 is 2.09 bits per heavy atom. The van der Waals surface area contributed by atoms with Gasteiger partial charge in [-0.2, -0.15) is 5.10 Å². The van der Waals surface area contributed by atoms with Crippen LogP contribution in [0.15, 0.2) is 36.7 Å². The summed E-state index contributed by atoms with van der Waals surface area (Å²) >= 11 is 0. The first kappa shape index (κ1) is 13.7. The molecule has 2 N–H and O–H groups in total. The molecule has 0 aliphatic heterocycles. The molecule has 0 saturated heterocycles. The maximum Gasteiger partial charge on any atom is 0.256 e. The van der Waals surface area contributed by atoms with Crippen LogP contribution in [0.3, 0.4) is 0 Å². The highest BCUT2D eigenvalue weighted by Gasteiger charge is 2.28. The molecule has 7 heteroatoms. The number of nitrogens with one attached hydrogen (secondary N) is 2.